The summed E-state index contributed by atoms with van der Waals surface area (Å²) < 4.78 is 62.5. The van der Waals surface area contributed by atoms with E-state index in [1.165, 1.54) is 117 Å². The maximum atomic E-state index is 12.8. The van der Waals surface area contributed by atoms with Gasteiger partial charge < -0.3 is 50.9 Å². The van der Waals surface area contributed by atoms with Crippen LogP contribution in [-0.2, 0) is 50.7 Å². The Hall–Kier alpha value is -2.44. The number of phosphoric ester groups is 3. The number of aromatic nitrogens is 4. The van der Waals surface area contributed by atoms with Gasteiger partial charge in [0, 0.05) is 37.1 Å². The lowest BCUT2D eigenvalue weighted by Gasteiger charge is -2.30. The van der Waals surface area contributed by atoms with E-state index in [1.54, 1.807) is 0 Å². The Bertz CT molecular complexity index is 2120. The largest absolute Gasteiger partial charge is 0.481 e. The van der Waals surface area contributed by atoms with Crippen molar-refractivity contribution in [1.29, 1.82) is 0 Å². The van der Waals surface area contributed by atoms with Gasteiger partial charge in [-0.2, -0.15) is 4.31 Å². The number of aliphatic hydroxyl groups is 2. The summed E-state index contributed by atoms with van der Waals surface area (Å²) in [5, 5.41) is 26.7. The molecule has 0 radical (unpaired) electrons. The number of thioether (sulfide) groups is 1. The summed E-state index contributed by atoms with van der Waals surface area (Å²) >= 11 is 1.16. The second-order valence-electron chi connectivity index (χ2n) is 19.4. The Labute approximate surface area is 433 Å². The summed E-state index contributed by atoms with van der Waals surface area (Å²) in [4.78, 5) is 88.6. The third-order valence-electron chi connectivity index (χ3n) is 12.4. The van der Waals surface area contributed by atoms with Gasteiger partial charge in [-0.15, -0.1) is 0 Å². The van der Waals surface area contributed by atoms with Gasteiger partial charge in [-0.1, -0.05) is 155 Å². The molecule has 1 saturated heterocycles. The van der Waals surface area contributed by atoms with Gasteiger partial charge in [0.1, 0.15) is 36.3 Å². The van der Waals surface area contributed by atoms with E-state index in [4.69, 9.17) is 19.5 Å². The van der Waals surface area contributed by atoms with Gasteiger partial charge in [0.25, 0.3) is 0 Å². The number of anilines is 1. The van der Waals surface area contributed by atoms with Crippen molar-refractivity contribution in [1.82, 2.24) is 30.2 Å². The molecule has 420 valence electrons. The fourth-order valence-electron chi connectivity index (χ4n) is 8.14. The van der Waals surface area contributed by atoms with E-state index < -0.39 is 84.6 Å². The SMILES string of the molecule is CCCCCCCCCC(C)CCCCCCCCCCCCC(=O)SCCNC(=O)CCNC(=O)C(O)C(C)(C)COP(=O)(O)OP(=O)(O)OCC1OC(n2cnc3c(N)ncnc32)C(O)C1OP(=O)(O)O. The summed E-state index contributed by atoms with van der Waals surface area (Å²) in [5.41, 5.74) is 4.30. The normalized spacial score (nSPS) is 19.9. The van der Waals surface area contributed by atoms with Crippen LogP contribution in [0.1, 0.15) is 169 Å². The highest BCUT2D eigenvalue weighted by Gasteiger charge is 2.50. The number of nitrogens with two attached hydrogens (primary N) is 1. The number of hydrogen-bond acceptors (Lipinski definition) is 18. The minimum atomic E-state index is -5.58. The molecule has 2 aromatic heterocycles. The molecular weight excluding hydrogens is 1040 g/mol. The lowest BCUT2D eigenvalue weighted by atomic mass is 9.87. The first-order valence-electron chi connectivity index (χ1n) is 25.5. The number of unbranched alkanes of at least 4 members (excludes halogenated alkanes) is 15. The summed E-state index contributed by atoms with van der Waals surface area (Å²) in [6.07, 6.45) is 18.0. The maximum absolute atomic E-state index is 12.8. The smallest absolute Gasteiger partial charge is 0.386 e. The Morgan fingerprint density at radius 2 is 1.40 bits per heavy atom. The minimum absolute atomic E-state index is 0.0344. The number of nitrogens with zero attached hydrogens (tertiary/aromatic N) is 4. The highest BCUT2D eigenvalue weighted by atomic mass is 32.2. The quantitative estimate of drug-likeness (QED) is 0.0237. The monoisotopic (exact) mass is 1120 g/mol. The first kappa shape index (κ1) is 64.8. The summed E-state index contributed by atoms with van der Waals surface area (Å²) in [7, 11) is -16.4. The van der Waals surface area contributed by atoms with Crippen LogP contribution in [0.15, 0.2) is 12.7 Å². The molecule has 2 amide bonds. The fourth-order valence-corrected chi connectivity index (χ4v) is 11.7. The Kier molecular flexibility index (Phi) is 29.3. The lowest BCUT2D eigenvalue weighted by Crippen LogP contribution is -2.46. The number of nitrogen functional groups attached to an aromatic ring is 1. The Morgan fingerprint density at radius 3 is 2.00 bits per heavy atom. The number of carbonyl (C=O) groups is 3. The van der Waals surface area contributed by atoms with E-state index in [1.807, 2.05) is 0 Å². The highest BCUT2D eigenvalue weighted by molar-refractivity contribution is 8.13. The molecule has 8 atom stereocenters. The number of rotatable bonds is 40. The van der Waals surface area contributed by atoms with E-state index in [2.05, 4.69) is 48.3 Å². The zero-order valence-corrected chi connectivity index (χ0v) is 46.3. The molecule has 1 fully saturated rings. The van der Waals surface area contributed by atoms with Gasteiger partial charge in [0.15, 0.2) is 22.8 Å². The van der Waals surface area contributed by atoms with Gasteiger partial charge in [-0.25, -0.2) is 28.6 Å². The molecule has 3 heterocycles. The van der Waals surface area contributed by atoms with Crippen molar-refractivity contribution in [2.45, 2.75) is 193 Å². The van der Waals surface area contributed by atoms with E-state index in [9.17, 15) is 57.9 Å². The van der Waals surface area contributed by atoms with Gasteiger partial charge in [0.05, 0.1) is 19.5 Å². The van der Waals surface area contributed by atoms with Crippen molar-refractivity contribution in [2.75, 3.05) is 37.8 Å². The van der Waals surface area contributed by atoms with E-state index in [0.29, 0.717) is 12.2 Å². The average molecular weight is 1120 g/mol. The van der Waals surface area contributed by atoms with E-state index >= 15 is 0 Å². The topological polar surface area (TPSA) is 364 Å². The van der Waals surface area contributed by atoms with Gasteiger partial charge in [-0.3, -0.25) is 32.5 Å². The number of hydrogen-bond donors (Lipinski definition) is 9. The summed E-state index contributed by atoms with van der Waals surface area (Å²) in [6, 6.07) is 0. The first-order valence-corrected chi connectivity index (χ1v) is 31.0. The zero-order chi connectivity index (χ0) is 54.1. The van der Waals surface area contributed by atoms with Gasteiger partial charge >= 0.3 is 23.5 Å². The number of ether oxygens (including phenoxy) is 1. The van der Waals surface area contributed by atoms with Crippen molar-refractivity contribution < 1.29 is 80.5 Å². The van der Waals surface area contributed by atoms with Crippen LogP contribution in [0.4, 0.5) is 5.82 Å². The first-order chi connectivity index (χ1) is 34.4. The van der Waals surface area contributed by atoms with Crippen LogP contribution < -0.4 is 16.4 Å². The highest BCUT2D eigenvalue weighted by Crippen LogP contribution is 2.61. The second-order valence-corrected chi connectivity index (χ2v) is 24.8. The van der Waals surface area contributed by atoms with Crippen molar-refractivity contribution in [2.24, 2.45) is 11.3 Å². The van der Waals surface area contributed by atoms with Crippen LogP contribution in [0.25, 0.3) is 11.2 Å². The van der Waals surface area contributed by atoms with Crippen LogP contribution in [-0.4, -0.2) is 123 Å². The second kappa shape index (κ2) is 33.0. The van der Waals surface area contributed by atoms with Gasteiger partial charge in [-0.05, 0) is 12.3 Å². The van der Waals surface area contributed by atoms with Crippen molar-refractivity contribution in [3.05, 3.63) is 12.7 Å². The minimum Gasteiger partial charge on any atom is -0.386 e. The average Bonchev–Trinajstić information content (AvgIpc) is 3.88. The lowest BCUT2D eigenvalue weighted by molar-refractivity contribution is -0.137. The molecule has 10 N–H and O–H groups in total. The van der Waals surface area contributed by atoms with Crippen LogP contribution in [0.2, 0.25) is 0 Å². The molecule has 24 nitrogen and oxygen atoms in total. The van der Waals surface area contributed by atoms with Gasteiger partial charge in [0.2, 0.25) is 11.8 Å². The molecule has 8 unspecified atom stereocenters. The zero-order valence-electron chi connectivity index (χ0n) is 42.8. The molecule has 2 aromatic rings. The molecule has 28 heteroatoms. The number of nitrogens with one attached hydrogen (secondary N) is 2. The molecule has 1 aliphatic heterocycles. The predicted octanol–water partition coefficient (Wildman–Crippen LogP) is 7.12. The van der Waals surface area contributed by atoms with Crippen LogP contribution in [0, 0.1) is 11.3 Å². The fraction of sp³-hybridized carbons (Fsp3) is 0.822. The molecule has 3 rings (SSSR count). The van der Waals surface area contributed by atoms with Crippen molar-refractivity contribution in [3.63, 3.8) is 0 Å². The molecule has 73 heavy (non-hydrogen) atoms. The number of carbonyl (C=O) groups excluding carboxylic acids is 3. The van der Waals surface area contributed by atoms with E-state index in [-0.39, 0.29) is 41.6 Å². The molecule has 0 aromatic carbocycles. The molecule has 0 spiro atoms. The molecule has 0 bridgehead atoms. The molecule has 1 aliphatic rings. The standard InChI is InChI=1S/C45H82N7O17P3S/c1-5-6-7-8-13-16-19-22-33(2)23-20-17-14-11-9-10-12-15-18-21-24-36(54)73-28-27-47-35(53)25-26-48-43(57)40(56)45(3,4)30-66-72(63,64)69-71(61,62)65-29-34-39(68-70(58,59)60)38(55)44(67-34)52-32-51-37-41(46)49-31-50-42(37)52/h31-34,38-40,44,55-56H,5-30H2,1-4H3,(H,47,53)(H,48,57)(H,61,62)(H,63,64)(H2,46,49,50)(H2,58,59,60). The number of amides is 2. The molecule has 0 saturated carbocycles. The van der Waals surface area contributed by atoms with Crippen LogP contribution >= 0.6 is 35.2 Å². The van der Waals surface area contributed by atoms with Crippen molar-refractivity contribution in [3.8, 4) is 0 Å². The van der Waals surface area contributed by atoms with Crippen LogP contribution in [0.5, 0.6) is 0 Å². The molecular formula is C45H82N7O17P3S. The maximum Gasteiger partial charge on any atom is 0.481 e. The third-order valence-corrected chi connectivity index (χ3v) is 16.4. The number of phosphoric acid groups is 3. The van der Waals surface area contributed by atoms with Crippen LogP contribution in [0.3, 0.4) is 0 Å². The number of fused-ring (bicyclic) bond motifs is 1. The predicted molar refractivity (Wildman–Crippen MR) is 274 cm³/mol. The third kappa shape index (κ3) is 25.5. The summed E-state index contributed by atoms with van der Waals surface area (Å²) in [5.74, 6) is -0.166. The molecule has 0 aliphatic carbocycles. The Balaban J connectivity index is 1.23. The number of imidazole rings is 1. The van der Waals surface area contributed by atoms with E-state index in [0.717, 1.165) is 54.2 Å². The van der Waals surface area contributed by atoms with Crippen molar-refractivity contribution >= 4 is 69.1 Å². The number of aliphatic hydroxyl groups excluding tert-OH is 2. The summed E-state index contributed by atoms with van der Waals surface area (Å²) in [6.45, 7) is 5.26. The Morgan fingerprint density at radius 1 is 0.822 bits per heavy atom.